The number of esters is 1. The minimum Gasteiger partial charge on any atom is -0.463 e. The Morgan fingerprint density at radius 2 is 1.04 bits per heavy atom. The second-order valence-electron chi connectivity index (χ2n) is 13.9. The van der Waals surface area contributed by atoms with Crippen molar-refractivity contribution in [3.8, 4) is 0 Å². The second kappa shape index (κ2) is 41.1. The molecule has 0 aromatic heterocycles. The molecule has 0 bridgehead atoms. The number of hydrogen-bond donors (Lipinski definition) is 3. The SMILES string of the molecule is CC/C=C\C/C=C\C/C=C\C/C=C\C/C=C\C/C=C\CCCCC(=O)NCCOP(=O)(O)OCC(O)COC(=O)CCCCCCCCCCCCCCC. The number of unbranched alkanes of at least 4 members (excludes halogenated alkanes) is 14. The number of nitrogens with one attached hydrogen (secondary N) is 1. The monoisotopic (exact) mass is 792 g/mol. The van der Waals surface area contributed by atoms with Crippen LogP contribution in [0.25, 0.3) is 0 Å². The van der Waals surface area contributed by atoms with Crippen LogP contribution in [0.3, 0.4) is 0 Å². The molecule has 0 radical (unpaired) electrons. The van der Waals surface area contributed by atoms with Gasteiger partial charge < -0.3 is 20.1 Å². The van der Waals surface area contributed by atoms with Crippen molar-refractivity contribution < 1.29 is 37.9 Å². The lowest BCUT2D eigenvalue weighted by molar-refractivity contribution is -0.147. The van der Waals surface area contributed by atoms with Crippen LogP contribution in [-0.2, 0) is 27.9 Å². The van der Waals surface area contributed by atoms with Gasteiger partial charge in [-0.2, -0.15) is 0 Å². The predicted molar refractivity (Wildman–Crippen MR) is 229 cm³/mol. The van der Waals surface area contributed by atoms with Crippen LogP contribution >= 0.6 is 7.82 Å². The lowest BCUT2D eigenvalue weighted by Crippen LogP contribution is -2.27. The van der Waals surface area contributed by atoms with E-state index in [9.17, 15) is 24.2 Å². The highest BCUT2D eigenvalue weighted by Gasteiger charge is 2.23. The highest BCUT2D eigenvalue weighted by atomic mass is 31.2. The molecular weight excluding hydrogens is 713 g/mol. The summed E-state index contributed by atoms with van der Waals surface area (Å²) in [5, 5.41) is 12.7. The van der Waals surface area contributed by atoms with Crippen molar-refractivity contribution in [1.29, 1.82) is 0 Å². The van der Waals surface area contributed by atoms with Gasteiger partial charge in [-0.15, -0.1) is 0 Å². The first kappa shape index (κ1) is 52.5. The van der Waals surface area contributed by atoms with Crippen LogP contribution in [0.1, 0.15) is 168 Å². The smallest absolute Gasteiger partial charge is 0.463 e. The van der Waals surface area contributed by atoms with Crippen molar-refractivity contribution in [2.75, 3.05) is 26.4 Å². The second-order valence-corrected chi connectivity index (χ2v) is 15.4. The number of ether oxygens (including phenoxy) is 1. The van der Waals surface area contributed by atoms with Gasteiger partial charge in [-0.05, 0) is 64.2 Å². The van der Waals surface area contributed by atoms with Crippen molar-refractivity contribution >= 4 is 19.7 Å². The van der Waals surface area contributed by atoms with E-state index < -0.39 is 26.5 Å². The maximum atomic E-state index is 12.1. The quantitative estimate of drug-likeness (QED) is 0.0243. The molecule has 0 heterocycles. The summed E-state index contributed by atoms with van der Waals surface area (Å²) in [7, 11) is -4.43. The van der Waals surface area contributed by atoms with E-state index in [1.165, 1.54) is 64.2 Å². The molecule has 0 aliphatic heterocycles. The van der Waals surface area contributed by atoms with Gasteiger partial charge in [0.2, 0.25) is 5.91 Å². The molecule has 9 nitrogen and oxygen atoms in total. The van der Waals surface area contributed by atoms with Crippen LogP contribution in [0.5, 0.6) is 0 Å². The topological polar surface area (TPSA) is 131 Å². The number of phosphoric ester groups is 1. The molecule has 1 amide bonds. The number of hydrogen-bond acceptors (Lipinski definition) is 7. The van der Waals surface area contributed by atoms with Gasteiger partial charge in [-0.1, -0.05) is 164 Å². The Morgan fingerprint density at radius 1 is 0.582 bits per heavy atom. The summed E-state index contributed by atoms with van der Waals surface area (Å²) in [4.78, 5) is 33.9. The lowest BCUT2D eigenvalue weighted by atomic mass is 10.0. The van der Waals surface area contributed by atoms with Crippen molar-refractivity contribution in [1.82, 2.24) is 5.32 Å². The Balaban J connectivity index is 3.70. The third-order valence-electron chi connectivity index (χ3n) is 8.65. The molecular formula is C45H78NO8P. The van der Waals surface area contributed by atoms with Crippen LogP contribution in [0.15, 0.2) is 72.9 Å². The fourth-order valence-electron chi connectivity index (χ4n) is 5.44. The number of rotatable bonds is 39. The van der Waals surface area contributed by atoms with Gasteiger partial charge in [-0.3, -0.25) is 18.6 Å². The highest BCUT2D eigenvalue weighted by Crippen LogP contribution is 2.42. The molecule has 2 atom stereocenters. The Bertz CT molecular complexity index is 1130. The molecule has 316 valence electrons. The lowest BCUT2D eigenvalue weighted by Gasteiger charge is -2.15. The molecule has 2 unspecified atom stereocenters. The molecule has 0 aromatic carbocycles. The van der Waals surface area contributed by atoms with E-state index in [-0.39, 0.29) is 32.1 Å². The summed E-state index contributed by atoms with van der Waals surface area (Å²) in [5.74, 6) is -0.564. The van der Waals surface area contributed by atoms with Crippen molar-refractivity contribution in [2.45, 2.75) is 174 Å². The summed E-state index contributed by atoms with van der Waals surface area (Å²) < 4.78 is 26.8. The van der Waals surface area contributed by atoms with Crippen LogP contribution in [0.2, 0.25) is 0 Å². The van der Waals surface area contributed by atoms with E-state index in [0.29, 0.717) is 6.42 Å². The number of amides is 1. The first-order chi connectivity index (χ1) is 26.8. The molecule has 10 heteroatoms. The van der Waals surface area contributed by atoms with Gasteiger partial charge in [0.25, 0.3) is 0 Å². The molecule has 55 heavy (non-hydrogen) atoms. The van der Waals surface area contributed by atoms with E-state index >= 15 is 0 Å². The van der Waals surface area contributed by atoms with Crippen molar-refractivity contribution in [3.63, 3.8) is 0 Å². The molecule has 0 aliphatic rings. The zero-order chi connectivity index (χ0) is 40.3. The van der Waals surface area contributed by atoms with Crippen LogP contribution in [-0.4, -0.2) is 54.3 Å². The number of aliphatic hydroxyl groups excluding tert-OH is 1. The standard InChI is InChI=1S/C45H78NO8P/c1-3-5-7-9-11-13-15-17-18-19-20-21-22-23-24-26-27-29-31-33-35-37-44(48)46-39-40-53-55(50,51)54-42-43(47)41-52-45(49)38-36-34-32-30-28-25-16-14-12-10-8-6-4-2/h5,7,11,13,17-18,20-21,23-24,27,29,43,47H,3-4,6,8-10,12,14-16,19,22,25-26,28,30-42H2,1-2H3,(H,46,48)(H,50,51)/b7-5-,13-11-,18-17-,21-20-,24-23-,29-27-. The predicted octanol–water partition coefficient (Wildman–Crippen LogP) is 11.9. The fraction of sp³-hybridized carbons (Fsp3) is 0.689. The summed E-state index contributed by atoms with van der Waals surface area (Å²) in [6.45, 7) is 3.37. The first-order valence-electron chi connectivity index (χ1n) is 21.4. The minimum absolute atomic E-state index is 0.0548. The van der Waals surface area contributed by atoms with E-state index in [2.05, 4.69) is 92.1 Å². The number of allylic oxidation sites excluding steroid dienone is 12. The van der Waals surface area contributed by atoms with E-state index in [0.717, 1.165) is 77.0 Å². The molecule has 0 spiro atoms. The first-order valence-corrected chi connectivity index (χ1v) is 22.9. The number of carbonyl (C=O) groups excluding carboxylic acids is 2. The molecule has 0 fully saturated rings. The molecule has 0 aliphatic carbocycles. The summed E-state index contributed by atoms with van der Waals surface area (Å²) in [6.07, 6.45) is 49.8. The molecule has 0 rings (SSSR count). The molecule has 0 aromatic rings. The van der Waals surface area contributed by atoms with Crippen LogP contribution < -0.4 is 5.32 Å². The molecule has 0 saturated heterocycles. The highest BCUT2D eigenvalue weighted by molar-refractivity contribution is 7.47. The summed E-state index contributed by atoms with van der Waals surface area (Å²) in [5.41, 5.74) is 0. The van der Waals surface area contributed by atoms with Crippen molar-refractivity contribution in [2.24, 2.45) is 0 Å². The zero-order valence-corrected chi connectivity index (χ0v) is 35.5. The largest absolute Gasteiger partial charge is 0.472 e. The fourth-order valence-corrected chi connectivity index (χ4v) is 6.20. The van der Waals surface area contributed by atoms with Crippen LogP contribution in [0.4, 0.5) is 0 Å². The Labute approximate surface area is 335 Å². The third-order valence-corrected chi connectivity index (χ3v) is 9.64. The van der Waals surface area contributed by atoms with Gasteiger partial charge in [0.05, 0.1) is 13.2 Å². The average molecular weight is 792 g/mol. The molecule has 3 N–H and O–H groups in total. The number of carbonyl (C=O) groups is 2. The summed E-state index contributed by atoms with van der Waals surface area (Å²) in [6, 6.07) is 0. The van der Waals surface area contributed by atoms with Crippen molar-refractivity contribution in [3.05, 3.63) is 72.9 Å². The van der Waals surface area contributed by atoms with E-state index in [1.54, 1.807) is 0 Å². The average Bonchev–Trinajstić information content (AvgIpc) is 3.17. The minimum atomic E-state index is -4.43. The normalized spacial score (nSPS) is 14.0. The van der Waals surface area contributed by atoms with Gasteiger partial charge in [0.15, 0.2) is 0 Å². The maximum absolute atomic E-state index is 12.1. The third kappa shape index (κ3) is 42.4. The Morgan fingerprint density at radius 3 is 1.55 bits per heavy atom. The zero-order valence-electron chi connectivity index (χ0n) is 34.6. The van der Waals surface area contributed by atoms with Crippen LogP contribution in [0, 0.1) is 0 Å². The maximum Gasteiger partial charge on any atom is 0.472 e. The number of aliphatic hydroxyl groups is 1. The van der Waals surface area contributed by atoms with Gasteiger partial charge in [0, 0.05) is 19.4 Å². The number of phosphoric acid groups is 1. The van der Waals surface area contributed by atoms with E-state index in [4.69, 9.17) is 13.8 Å². The van der Waals surface area contributed by atoms with Gasteiger partial charge >= 0.3 is 13.8 Å². The molecule has 0 saturated carbocycles. The van der Waals surface area contributed by atoms with Gasteiger partial charge in [-0.25, -0.2) is 4.57 Å². The van der Waals surface area contributed by atoms with E-state index in [1.807, 2.05) is 0 Å². The Hall–Kier alpha value is -2.55. The van der Waals surface area contributed by atoms with Gasteiger partial charge in [0.1, 0.15) is 12.7 Å². The summed E-state index contributed by atoms with van der Waals surface area (Å²) >= 11 is 0. The Kier molecular flexibility index (Phi) is 39.2.